The van der Waals surface area contributed by atoms with Crippen LogP contribution >= 0.6 is 11.3 Å². The van der Waals surface area contributed by atoms with E-state index in [2.05, 4.69) is 20.9 Å². The van der Waals surface area contributed by atoms with Gasteiger partial charge in [0.25, 0.3) is 0 Å². The van der Waals surface area contributed by atoms with Crippen LogP contribution in [0.25, 0.3) is 0 Å². The summed E-state index contributed by atoms with van der Waals surface area (Å²) in [5.41, 5.74) is 0. The van der Waals surface area contributed by atoms with Crippen LogP contribution in [0.2, 0.25) is 0 Å². The molecular weight excluding hydrogens is 340 g/mol. The minimum atomic E-state index is -0.470. The lowest BCUT2D eigenvalue weighted by molar-refractivity contribution is -0.122. The number of piperazine rings is 1. The second-order valence-electron chi connectivity index (χ2n) is 5.90. The molecule has 2 aromatic heterocycles. The van der Waals surface area contributed by atoms with Gasteiger partial charge in [0.05, 0.1) is 19.1 Å². The van der Waals surface area contributed by atoms with E-state index in [0.29, 0.717) is 6.54 Å². The molecule has 0 spiro atoms. The number of hydrogen-bond donors (Lipinski definition) is 3. The minimum absolute atomic E-state index is 0.00804. The number of imidazole rings is 1. The first-order valence-electron chi connectivity index (χ1n) is 8.15. The first kappa shape index (κ1) is 17.6. The average molecular weight is 362 g/mol. The van der Waals surface area contributed by atoms with Crippen molar-refractivity contribution < 1.29 is 9.59 Å². The Morgan fingerprint density at radius 3 is 3.08 bits per heavy atom. The molecular formula is C16H22N6O2S. The van der Waals surface area contributed by atoms with Crippen molar-refractivity contribution in [3.8, 4) is 0 Å². The van der Waals surface area contributed by atoms with Gasteiger partial charge >= 0.3 is 6.03 Å². The van der Waals surface area contributed by atoms with Gasteiger partial charge in [-0.2, -0.15) is 0 Å². The number of nitrogens with zero attached hydrogens (tertiary/aromatic N) is 3. The van der Waals surface area contributed by atoms with Crippen molar-refractivity contribution in [2.45, 2.75) is 12.6 Å². The highest BCUT2D eigenvalue weighted by Gasteiger charge is 2.28. The highest BCUT2D eigenvalue weighted by molar-refractivity contribution is 7.09. The van der Waals surface area contributed by atoms with E-state index in [0.717, 1.165) is 30.3 Å². The number of thiophene rings is 1. The number of carbonyl (C=O) groups is 2. The second kappa shape index (κ2) is 8.24. The molecule has 0 aromatic carbocycles. The zero-order valence-corrected chi connectivity index (χ0v) is 14.9. The summed E-state index contributed by atoms with van der Waals surface area (Å²) < 4.78 is 1.95. The Balaban J connectivity index is 1.52. The maximum absolute atomic E-state index is 12.2. The maximum Gasteiger partial charge on any atom is 0.321 e. The van der Waals surface area contributed by atoms with Crippen LogP contribution in [0.1, 0.15) is 16.7 Å². The molecule has 0 aliphatic carbocycles. The van der Waals surface area contributed by atoms with Gasteiger partial charge < -0.3 is 15.2 Å². The summed E-state index contributed by atoms with van der Waals surface area (Å²) in [4.78, 5) is 31.6. The molecule has 25 heavy (non-hydrogen) atoms. The van der Waals surface area contributed by atoms with Crippen molar-refractivity contribution in [1.82, 2.24) is 30.4 Å². The number of aromatic nitrogens is 2. The molecule has 3 N–H and O–H groups in total. The molecule has 8 nitrogen and oxygen atoms in total. The van der Waals surface area contributed by atoms with E-state index >= 15 is 0 Å². The third-order valence-corrected chi connectivity index (χ3v) is 4.99. The Bertz CT molecular complexity index is 714. The zero-order chi connectivity index (χ0) is 17.6. The first-order chi connectivity index (χ1) is 12.1. The molecule has 1 unspecified atom stereocenters. The Labute approximate surface area is 150 Å². The predicted octanol–water partition coefficient (Wildman–Crippen LogP) is 0.454. The van der Waals surface area contributed by atoms with E-state index in [4.69, 9.17) is 0 Å². The lowest BCUT2D eigenvalue weighted by Crippen LogP contribution is -2.51. The van der Waals surface area contributed by atoms with Crippen molar-refractivity contribution in [2.24, 2.45) is 7.05 Å². The standard InChI is InChI=1S/C16H22N6O2S/c1-21-6-5-18-15(21)13-10-17-4-7-22(13)11-14(23)20-16(24)19-9-12-3-2-8-25-12/h2-3,5-6,8,13,17H,4,7,9-11H2,1H3,(H2,19,20,23,24). The third-order valence-electron chi connectivity index (χ3n) is 4.11. The molecule has 1 saturated heterocycles. The maximum atomic E-state index is 12.2. The fourth-order valence-corrected chi connectivity index (χ4v) is 3.51. The smallest absolute Gasteiger partial charge is 0.321 e. The summed E-state index contributed by atoms with van der Waals surface area (Å²) in [7, 11) is 1.94. The van der Waals surface area contributed by atoms with E-state index in [-0.39, 0.29) is 18.5 Å². The van der Waals surface area contributed by atoms with Crippen LogP contribution in [0, 0.1) is 0 Å². The lowest BCUT2D eigenvalue weighted by Gasteiger charge is -2.35. The molecule has 0 saturated carbocycles. The van der Waals surface area contributed by atoms with Crippen LogP contribution in [-0.2, 0) is 18.4 Å². The molecule has 1 aliphatic rings. The van der Waals surface area contributed by atoms with Gasteiger partial charge in [-0.15, -0.1) is 11.3 Å². The van der Waals surface area contributed by atoms with E-state index in [1.54, 1.807) is 17.5 Å². The Morgan fingerprint density at radius 2 is 2.36 bits per heavy atom. The highest BCUT2D eigenvalue weighted by atomic mass is 32.1. The van der Waals surface area contributed by atoms with Crippen molar-refractivity contribution in [1.29, 1.82) is 0 Å². The largest absolute Gasteiger partial charge is 0.337 e. The average Bonchev–Trinajstić information content (AvgIpc) is 3.25. The number of carbonyl (C=O) groups excluding carboxylic acids is 2. The fraction of sp³-hybridized carbons (Fsp3) is 0.438. The van der Waals surface area contributed by atoms with Gasteiger partial charge in [0, 0.05) is 44.0 Å². The first-order valence-corrected chi connectivity index (χ1v) is 9.03. The molecule has 3 amide bonds. The number of urea groups is 1. The quantitative estimate of drug-likeness (QED) is 0.719. The fourth-order valence-electron chi connectivity index (χ4n) is 2.86. The van der Waals surface area contributed by atoms with Crippen LogP contribution in [0.4, 0.5) is 4.79 Å². The molecule has 3 heterocycles. The number of amides is 3. The topological polar surface area (TPSA) is 91.3 Å². The Kier molecular flexibility index (Phi) is 5.79. The van der Waals surface area contributed by atoms with Crippen molar-refractivity contribution in [3.05, 3.63) is 40.6 Å². The molecule has 1 fully saturated rings. The normalized spacial score (nSPS) is 18.0. The van der Waals surface area contributed by atoms with E-state index in [9.17, 15) is 9.59 Å². The molecule has 1 aliphatic heterocycles. The number of nitrogens with one attached hydrogen (secondary N) is 3. The zero-order valence-electron chi connectivity index (χ0n) is 14.1. The van der Waals surface area contributed by atoms with E-state index in [1.165, 1.54) is 0 Å². The van der Waals surface area contributed by atoms with Crippen LogP contribution in [0.5, 0.6) is 0 Å². The summed E-state index contributed by atoms with van der Waals surface area (Å²) in [6.07, 6.45) is 3.64. The monoisotopic (exact) mass is 362 g/mol. The van der Waals surface area contributed by atoms with Gasteiger partial charge in [0.1, 0.15) is 5.82 Å². The van der Waals surface area contributed by atoms with Crippen LogP contribution in [0.3, 0.4) is 0 Å². The van der Waals surface area contributed by atoms with Gasteiger partial charge in [-0.25, -0.2) is 9.78 Å². The highest BCUT2D eigenvalue weighted by Crippen LogP contribution is 2.19. The van der Waals surface area contributed by atoms with Gasteiger partial charge in [0.15, 0.2) is 0 Å². The van der Waals surface area contributed by atoms with Crippen molar-refractivity contribution >= 4 is 23.3 Å². The number of imide groups is 1. The number of hydrogen-bond acceptors (Lipinski definition) is 6. The van der Waals surface area contributed by atoms with Crippen LogP contribution in [0.15, 0.2) is 29.9 Å². The molecule has 134 valence electrons. The summed E-state index contributed by atoms with van der Waals surface area (Å²) in [5, 5.41) is 10.4. The molecule has 9 heteroatoms. The Hall–Kier alpha value is -2.23. The summed E-state index contributed by atoms with van der Waals surface area (Å²) >= 11 is 1.56. The molecule has 0 bridgehead atoms. The number of rotatable bonds is 5. The van der Waals surface area contributed by atoms with Gasteiger partial charge in [-0.3, -0.25) is 15.0 Å². The minimum Gasteiger partial charge on any atom is -0.337 e. The van der Waals surface area contributed by atoms with Gasteiger partial charge in [-0.05, 0) is 11.4 Å². The molecule has 1 atom stereocenters. The van der Waals surface area contributed by atoms with Gasteiger partial charge in [0.2, 0.25) is 5.91 Å². The Morgan fingerprint density at radius 1 is 1.48 bits per heavy atom. The van der Waals surface area contributed by atoms with Crippen molar-refractivity contribution in [2.75, 3.05) is 26.2 Å². The van der Waals surface area contributed by atoms with Gasteiger partial charge in [-0.1, -0.05) is 6.07 Å². The summed E-state index contributed by atoms with van der Waals surface area (Å²) in [6, 6.07) is 3.40. The molecule has 0 radical (unpaired) electrons. The van der Waals surface area contributed by atoms with E-state index in [1.807, 2.05) is 40.2 Å². The summed E-state index contributed by atoms with van der Waals surface area (Å²) in [6.45, 7) is 2.83. The van der Waals surface area contributed by atoms with Crippen LogP contribution < -0.4 is 16.0 Å². The van der Waals surface area contributed by atoms with Crippen LogP contribution in [-0.4, -0.2) is 52.6 Å². The summed E-state index contributed by atoms with van der Waals surface area (Å²) in [5.74, 6) is 0.590. The predicted molar refractivity (Wildman–Crippen MR) is 95.1 cm³/mol. The SMILES string of the molecule is Cn1ccnc1C1CNCCN1CC(=O)NC(=O)NCc1cccs1. The second-order valence-corrected chi connectivity index (χ2v) is 6.93. The third kappa shape index (κ3) is 4.65. The molecule has 3 rings (SSSR count). The number of aryl methyl sites for hydroxylation is 1. The molecule has 2 aromatic rings. The lowest BCUT2D eigenvalue weighted by atomic mass is 10.1. The van der Waals surface area contributed by atoms with Crippen molar-refractivity contribution in [3.63, 3.8) is 0 Å². The van der Waals surface area contributed by atoms with E-state index < -0.39 is 6.03 Å².